The van der Waals surface area contributed by atoms with Gasteiger partial charge in [-0.3, -0.25) is 4.79 Å². The first-order chi connectivity index (χ1) is 10.5. The Labute approximate surface area is 133 Å². The number of hydrogen-bond acceptors (Lipinski definition) is 4. The molecular weight excluding hydrogens is 306 g/mol. The fraction of sp³-hybridized carbons (Fsp3) is 0.312. The van der Waals surface area contributed by atoms with Crippen molar-refractivity contribution in [3.8, 4) is 5.75 Å². The lowest BCUT2D eigenvalue weighted by atomic mass is 10.1. The highest BCUT2D eigenvalue weighted by Crippen LogP contribution is 2.24. The van der Waals surface area contributed by atoms with E-state index in [2.05, 4.69) is 5.32 Å². The Balaban J connectivity index is 2.07. The number of nitrogens with one attached hydrogen (secondary N) is 1. The van der Waals surface area contributed by atoms with E-state index in [9.17, 15) is 9.90 Å². The summed E-state index contributed by atoms with van der Waals surface area (Å²) in [5, 5.41) is 13.0. The molecule has 5 nitrogen and oxygen atoms in total. The van der Waals surface area contributed by atoms with Crippen molar-refractivity contribution in [3.63, 3.8) is 0 Å². The molecule has 1 aromatic heterocycles. The number of furan rings is 1. The number of carbonyl (C=O) groups is 1. The summed E-state index contributed by atoms with van der Waals surface area (Å²) < 4.78 is 10.7. The van der Waals surface area contributed by atoms with Gasteiger partial charge in [0.2, 0.25) is 0 Å². The van der Waals surface area contributed by atoms with Gasteiger partial charge in [0.1, 0.15) is 17.6 Å². The van der Waals surface area contributed by atoms with Gasteiger partial charge in [-0.15, -0.1) is 0 Å². The van der Waals surface area contributed by atoms with E-state index >= 15 is 0 Å². The maximum absolute atomic E-state index is 12.3. The van der Waals surface area contributed by atoms with Crippen LogP contribution in [0.1, 0.15) is 36.1 Å². The van der Waals surface area contributed by atoms with Crippen LogP contribution < -0.4 is 10.1 Å². The molecule has 0 aliphatic rings. The van der Waals surface area contributed by atoms with Crippen molar-refractivity contribution in [2.45, 2.75) is 26.1 Å². The molecule has 1 unspecified atom stereocenters. The molecule has 0 spiro atoms. The minimum absolute atomic E-state index is 0.0278. The van der Waals surface area contributed by atoms with Crippen LogP contribution in [0.25, 0.3) is 0 Å². The van der Waals surface area contributed by atoms with Crippen molar-refractivity contribution >= 4 is 17.5 Å². The van der Waals surface area contributed by atoms with Crippen molar-refractivity contribution < 1.29 is 19.1 Å². The third-order valence-electron chi connectivity index (χ3n) is 2.88. The van der Waals surface area contributed by atoms with Crippen molar-refractivity contribution in [3.05, 3.63) is 52.9 Å². The Morgan fingerprint density at radius 3 is 2.82 bits per heavy atom. The van der Waals surface area contributed by atoms with Gasteiger partial charge in [-0.05, 0) is 44.2 Å². The molecule has 0 radical (unpaired) electrons. The van der Waals surface area contributed by atoms with Crippen LogP contribution in [0.15, 0.2) is 41.0 Å². The Kier molecular flexibility index (Phi) is 5.46. The van der Waals surface area contributed by atoms with E-state index in [0.717, 1.165) is 0 Å². The molecule has 0 bridgehead atoms. The third-order valence-corrected chi connectivity index (χ3v) is 3.11. The van der Waals surface area contributed by atoms with Gasteiger partial charge in [0.15, 0.2) is 0 Å². The van der Waals surface area contributed by atoms with E-state index < -0.39 is 6.10 Å². The second-order valence-electron chi connectivity index (χ2n) is 5.05. The molecule has 6 heteroatoms. The summed E-state index contributed by atoms with van der Waals surface area (Å²) in [6.07, 6.45) is 0.486. The van der Waals surface area contributed by atoms with Crippen molar-refractivity contribution in [1.29, 1.82) is 0 Å². The summed E-state index contributed by atoms with van der Waals surface area (Å²) in [5.74, 6) is 0.471. The average Bonchev–Trinajstić information content (AvgIpc) is 3.00. The van der Waals surface area contributed by atoms with Gasteiger partial charge in [-0.25, -0.2) is 0 Å². The minimum atomic E-state index is -0.910. The molecule has 0 saturated heterocycles. The molecule has 1 aromatic carbocycles. The first kappa shape index (κ1) is 16.4. The van der Waals surface area contributed by atoms with Crippen molar-refractivity contribution in [2.24, 2.45) is 0 Å². The predicted molar refractivity (Wildman–Crippen MR) is 83.2 cm³/mol. The number of aliphatic hydroxyl groups excluding tert-OH is 1. The van der Waals surface area contributed by atoms with E-state index in [0.29, 0.717) is 22.1 Å². The Morgan fingerprint density at radius 2 is 2.18 bits per heavy atom. The molecule has 2 aromatic rings. The molecule has 1 heterocycles. The van der Waals surface area contributed by atoms with E-state index in [1.54, 1.807) is 24.3 Å². The van der Waals surface area contributed by atoms with Gasteiger partial charge in [0.05, 0.1) is 24.5 Å². The molecular formula is C16H18ClNO4. The SMILES string of the molecule is CC(C)Oc1ccc(Cl)cc1C(=O)NCC(O)c1ccco1. The number of carbonyl (C=O) groups excluding carboxylic acids is 1. The Hall–Kier alpha value is -1.98. The summed E-state index contributed by atoms with van der Waals surface area (Å²) in [6.45, 7) is 3.77. The Morgan fingerprint density at radius 1 is 1.41 bits per heavy atom. The normalized spacial score (nSPS) is 12.2. The van der Waals surface area contributed by atoms with Crippen LogP contribution in [0.3, 0.4) is 0 Å². The highest BCUT2D eigenvalue weighted by molar-refractivity contribution is 6.31. The van der Waals surface area contributed by atoms with Crippen LogP contribution in [0.5, 0.6) is 5.75 Å². The number of benzene rings is 1. The molecule has 118 valence electrons. The lowest BCUT2D eigenvalue weighted by molar-refractivity contribution is 0.0895. The fourth-order valence-electron chi connectivity index (χ4n) is 1.90. The molecule has 2 N–H and O–H groups in total. The molecule has 0 aliphatic carbocycles. The van der Waals surface area contributed by atoms with Crippen molar-refractivity contribution in [2.75, 3.05) is 6.54 Å². The van der Waals surface area contributed by atoms with Crippen LogP contribution in [0.4, 0.5) is 0 Å². The quantitative estimate of drug-likeness (QED) is 0.856. The summed E-state index contributed by atoms with van der Waals surface area (Å²) >= 11 is 5.94. The number of amides is 1. The summed E-state index contributed by atoms with van der Waals surface area (Å²) in [7, 11) is 0. The van der Waals surface area contributed by atoms with Crippen LogP contribution in [0.2, 0.25) is 5.02 Å². The average molecular weight is 324 g/mol. The molecule has 2 rings (SSSR count). The Bertz CT molecular complexity index is 625. The number of halogens is 1. The van der Waals surface area contributed by atoms with Crippen molar-refractivity contribution in [1.82, 2.24) is 5.32 Å². The maximum atomic E-state index is 12.3. The third kappa shape index (κ3) is 4.26. The fourth-order valence-corrected chi connectivity index (χ4v) is 2.07. The van der Waals surface area contributed by atoms with E-state index in [1.807, 2.05) is 13.8 Å². The monoisotopic (exact) mass is 323 g/mol. The number of ether oxygens (including phenoxy) is 1. The van der Waals surface area contributed by atoms with Crippen LogP contribution in [0, 0.1) is 0 Å². The first-order valence-electron chi connectivity index (χ1n) is 6.93. The van der Waals surface area contributed by atoms with Crippen LogP contribution >= 0.6 is 11.6 Å². The zero-order valence-electron chi connectivity index (χ0n) is 12.4. The van der Waals surface area contributed by atoms with Gasteiger partial charge in [-0.1, -0.05) is 11.6 Å². The largest absolute Gasteiger partial charge is 0.490 e. The summed E-state index contributed by atoms with van der Waals surface area (Å²) in [5.41, 5.74) is 0.327. The maximum Gasteiger partial charge on any atom is 0.255 e. The highest BCUT2D eigenvalue weighted by atomic mass is 35.5. The number of hydrogen-bond donors (Lipinski definition) is 2. The smallest absolute Gasteiger partial charge is 0.255 e. The molecule has 1 amide bonds. The van der Waals surface area contributed by atoms with E-state index in [4.69, 9.17) is 20.8 Å². The lowest BCUT2D eigenvalue weighted by Crippen LogP contribution is -2.29. The van der Waals surface area contributed by atoms with Gasteiger partial charge in [-0.2, -0.15) is 0 Å². The standard InChI is InChI=1S/C16H18ClNO4/c1-10(2)22-14-6-5-11(17)8-12(14)16(20)18-9-13(19)15-4-3-7-21-15/h3-8,10,13,19H,9H2,1-2H3,(H,18,20). The minimum Gasteiger partial charge on any atom is -0.490 e. The van der Waals surface area contributed by atoms with Crippen LogP contribution in [-0.2, 0) is 0 Å². The predicted octanol–water partition coefficient (Wildman–Crippen LogP) is 3.18. The summed E-state index contributed by atoms with van der Waals surface area (Å²) in [4.78, 5) is 12.3. The zero-order chi connectivity index (χ0) is 16.1. The zero-order valence-corrected chi connectivity index (χ0v) is 13.1. The highest BCUT2D eigenvalue weighted by Gasteiger charge is 2.17. The second kappa shape index (κ2) is 7.33. The molecule has 1 atom stereocenters. The topological polar surface area (TPSA) is 71.7 Å². The molecule has 0 saturated carbocycles. The molecule has 22 heavy (non-hydrogen) atoms. The van der Waals surface area contributed by atoms with E-state index in [1.165, 1.54) is 12.3 Å². The van der Waals surface area contributed by atoms with Gasteiger partial charge in [0, 0.05) is 5.02 Å². The van der Waals surface area contributed by atoms with Gasteiger partial charge >= 0.3 is 0 Å². The number of rotatable bonds is 6. The lowest BCUT2D eigenvalue weighted by Gasteiger charge is -2.15. The number of aliphatic hydroxyl groups is 1. The first-order valence-corrected chi connectivity index (χ1v) is 7.31. The van der Waals surface area contributed by atoms with E-state index in [-0.39, 0.29) is 18.6 Å². The molecule has 0 fully saturated rings. The van der Waals surface area contributed by atoms with Gasteiger partial charge in [0.25, 0.3) is 5.91 Å². The van der Waals surface area contributed by atoms with Crippen LogP contribution in [-0.4, -0.2) is 23.7 Å². The van der Waals surface area contributed by atoms with Gasteiger partial charge < -0.3 is 19.6 Å². The summed E-state index contributed by atoms with van der Waals surface area (Å²) in [6, 6.07) is 8.16. The second-order valence-corrected chi connectivity index (χ2v) is 5.48. The molecule has 0 aliphatic heterocycles.